The average molecular weight is 167 g/mol. The van der Waals surface area contributed by atoms with E-state index in [-0.39, 0.29) is 0 Å². The molecule has 1 atom stereocenters. The second kappa shape index (κ2) is 5.64. The lowest BCUT2D eigenvalue weighted by Crippen LogP contribution is -2.27. The van der Waals surface area contributed by atoms with Crippen LogP contribution in [0.1, 0.15) is 20.3 Å². The monoisotopic (exact) mass is 167 g/mol. The first-order valence-electron chi connectivity index (χ1n) is 3.19. The van der Waals surface area contributed by atoms with Crippen molar-refractivity contribution in [3.05, 3.63) is 0 Å². The topological polar surface area (TPSA) is 55.4 Å². The van der Waals surface area contributed by atoms with Crippen LogP contribution in [0.2, 0.25) is 0 Å². The van der Waals surface area contributed by atoms with Crippen LogP contribution in [-0.4, -0.2) is 21.3 Å². The molecule has 1 unspecified atom stereocenters. The normalized spacial score (nSPS) is 13.9. The predicted molar refractivity (Wildman–Crippen MR) is 39.2 cm³/mol. The van der Waals surface area contributed by atoms with Crippen LogP contribution in [0.25, 0.3) is 0 Å². The third-order valence-corrected chi connectivity index (χ3v) is 1.43. The summed E-state index contributed by atoms with van der Waals surface area (Å²) in [6.45, 7) is 4.20. The molecule has 5 heteroatoms. The van der Waals surface area contributed by atoms with Gasteiger partial charge in [0.25, 0.3) is 0 Å². The summed E-state index contributed by atoms with van der Waals surface area (Å²) in [5.41, 5.74) is 0. The van der Waals surface area contributed by atoms with Gasteiger partial charge in [0.2, 0.25) is 10.9 Å². The fraction of sp³-hybridized carbons (Fsp3) is 1.00. The second-order valence-corrected chi connectivity index (χ2v) is 2.67. The fourth-order valence-electron chi connectivity index (χ4n) is 0.480. The van der Waals surface area contributed by atoms with Crippen molar-refractivity contribution in [3.8, 4) is 0 Å². The van der Waals surface area contributed by atoms with E-state index in [9.17, 15) is 8.42 Å². The minimum atomic E-state index is -2.53. The number of nitrogens with one attached hydrogen (secondary N) is 1. The smallest absolute Gasteiger partial charge is 0.203 e. The maximum Gasteiger partial charge on any atom is 0.203 e. The lowest BCUT2D eigenvalue weighted by Gasteiger charge is -2.08. The zero-order chi connectivity index (χ0) is 7.98. The van der Waals surface area contributed by atoms with Gasteiger partial charge in [-0.25, -0.2) is 8.42 Å². The Kier molecular flexibility index (Phi) is 5.57. The van der Waals surface area contributed by atoms with Crippen LogP contribution >= 0.6 is 0 Å². The molecule has 0 amide bonds. The minimum Gasteiger partial charge on any atom is -0.363 e. The standard InChI is InChI=1S/C5H13NO3S/c1-3-4-9-5(2)6-10(7)8/h5,10H,3-4H2,1-2H3,(H,6,7,8). The summed E-state index contributed by atoms with van der Waals surface area (Å²) >= 11 is 0. The summed E-state index contributed by atoms with van der Waals surface area (Å²) in [7, 11) is -2.53. The van der Waals surface area contributed by atoms with Crippen molar-refractivity contribution in [2.24, 2.45) is 0 Å². The van der Waals surface area contributed by atoms with Gasteiger partial charge in [-0.15, -0.1) is 0 Å². The van der Waals surface area contributed by atoms with Crippen LogP contribution in [0.15, 0.2) is 0 Å². The Morgan fingerprint density at radius 2 is 2.20 bits per heavy atom. The fourth-order valence-corrected chi connectivity index (χ4v) is 0.852. The van der Waals surface area contributed by atoms with Crippen LogP contribution in [-0.2, 0) is 15.6 Å². The summed E-state index contributed by atoms with van der Waals surface area (Å²) in [6, 6.07) is 0. The molecule has 0 aliphatic heterocycles. The Labute approximate surface area is 62.7 Å². The first-order chi connectivity index (χ1) is 4.66. The van der Waals surface area contributed by atoms with Gasteiger partial charge in [0, 0.05) is 6.61 Å². The minimum absolute atomic E-state index is 0.402. The summed E-state index contributed by atoms with van der Waals surface area (Å²) in [5, 5.41) is 0. The lowest BCUT2D eigenvalue weighted by molar-refractivity contribution is 0.0600. The summed E-state index contributed by atoms with van der Waals surface area (Å²) < 4.78 is 27.3. The molecule has 0 aromatic heterocycles. The molecule has 10 heavy (non-hydrogen) atoms. The van der Waals surface area contributed by atoms with Gasteiger partial charge in [-0.05, 0) is 13.3 Å². The van der Waals surface area contributed by atoms with Crippen LogP contribution in [0.4, 0.5) is 0 Å². The van der Waals surface area contributed by atoms with Gasteiger partial charge in [0.15, 0.2) is 0 Å². The highest BCUT2D eigenvalue weighted by atomic mass is 32.2. The van der Waals surface area contributed by atoms with E-state index in [2.05, 4.69) is 4.72 Å². The van der Waals surface area contributed by atoms with E-state index in [0.717, 1.165) is 6.42 Å². The van der Waals surface area contributed by atoms with E-state index < -0.39 is 17.1 Å². The third kappa shape index (κ3) is 6.00. The van der Waals surface area contributed by atoms with Crippen molar-refractivity contribution in [3.63, 3.8) is 0 Å². The molecule has 0 spiro atoms. The van der Waals surface area contributed by atoms with E-state index in [1.807, 2.05) is 6.92 Å². The number of rotatable bonds is 5. The average Bonchev–Trinajstić information content (AvgIpc) is 1.82. The first-order valence-corrected chi connectivity index (χ1v) is 4.36. The molecule has 0 heterocycles. The molecule has 0 bridgehead atoms. The molecule has 0 aliphatic rings. The Morgan fingerprint density at radius 3 is 2.60 bits per heavy atom. The van der Waals surface area contributed by atoms with Crippen LogP contribution in [0, 0.1) is 0 Å². The van der Waals surface area contributed by atoms with Gasteiger partial charge in [-0.3, -0.25) is 0 Å². The second-order valence-electron chi connectivity index (χ2n) is 1.90. The van der Waals surface area contributed by atoms with Crippen LogP contribution in [0.3, 0.4) is 0 Å². The summed E-state index contributed by atoms with van der Waals surface area (Å²) in [6.07, 6.45) is 0.489. The van der Waals surface area contributed by atoms with Crippen molar-refractivity contribution in [2.75, 3.05) is 6.61 Å². The van der Waals surface area contributed by atoms with Crippen molar-refractivity contribution >= 4 is 10.9 Å². The highest BCUT2D eigenvalue weighted by Gasteiger charge is 1.98. The van der Waals surface area contributed by atoms with Crippen molar-refractivity contribution in [1.82, 2.24) is 4.72 Å². The molecule has 62 valence electrons. The number of hydrogen-bond donors (Lipinski definition) is 2. The van der Waals surface area contributed by atoms with E-state index in [0.29, 0.717) is 6.61 Å². The molecular weight excluding hydrogens is 154 g/mol. The maximum atomic E-state index is 10.0. The predicted octanol–water partition coefficient (Wildman–Crippen LogP) is -0.125. The number of thiol groups is 1. The molecule has 0 rings (SSSR count). The molecule has 4 nitrogen and oxygen atoms in total. The molecule has 0 aromatic carbocycles. The molecule has 0 saturated heterocycles. The van der Waals surface area contributed by atoms with Gasteiger partial charge in [0.1, 0.15) is 6.23 Å². The highest BCUT2D eigenvalue weighted by molar-refractivity contribution is 7.70. The van der Waals surface area contributed by atoms with Crippen molar-refractivity contribution in [2.45, 2.75) is 26.5 Å². The molecule has 0 fully saturated rings. The number of ether oxygens (including phenoxy) is 1. The van der Waals surface area contributed by atoms with Gasteiger partial charge < -0.3 is 4.74 Å². The van der Waals surface area contributed by atoms with E-state index in [1.54, 1.807) is 6.92 Å². The first kappa shape index (κ1) is 9.87. The van der Waals surface area contributed by atoms with E-state index in [4.69, 9.17) is 4.74 Å². The highest BCUT2D eigenvalue weighted by Crippen LogP contribution is 1.86. The summed E-state index contributed by atoms with van der Waals surface area (Å²) in [4.78, 5) is 0. The molecular formula is C5H13NO3S. The SMILES string of the molecule is CCCOC(C)N[SH](=O)=O. The van der Waals surface area contributed by atoms with E-state index >= 15 is 0 Å². The Balaban J connectivity index is 3.33. The van der Waals surface area contributed by atoms with Gasteiger partial charge >= 0.3 is 0 Å². The molecule has 0 aromatic rings. The van der Waals surface area contributed by atoms with Crippen molar-refractivity contribution in [1.29, 1.82) is 0 Å². The van der Waals surface area contributed by atoms with Crippen LogP contribution in [0.5, 0.6) is 0 Å². The third-order valence-electron chi connectivity index (χ3n) is 0.859. The summed E-state index contributed by atoms with van der Waals surface area (Å²) in [5.74, 6) is 0. The van der Waals surface area contributed by atoms with E-state index in [1.165, 1.54) is 0 Å². The van der Waals surface area contributed by atoms with Gasteiger partial charge in [0.05, 0.1) is 0 Å². The zero-order valence-corrected chi connectivity index (χ0v) is 7.06. The Bertz CT molecular complexity index is 138. The molecule has 0 radical (unpaired) electrons. The molecule has 0 saturated carbocycles. The quantitative estimate of drug-likeness (QED) is 0.443. The number of hydrogen-bond acceptors (Lipinski definition) is 3. The van der Waals surface area contributed by atoms with Gasteiger partial charge in [-0.2, -0.15) is 4.72 Å². The van der Waals surface area contributed by atoms with Gasteiger partial charge in [-0.1, -0.05) is 6.92 Å². The van der Waals surface area contributed by atoms with Crippen LogP contribution < -0.4 is 4.72 Å². The van der Waals surface area contributed by atoms with Crippen molar-refractivity contribution < 1.29 is 13.2 Å². The lowest BCUT2D eigenvalue weighted by atomic mass is 10.5. The zero-order valence-electron chi connectivity index (χ0n) is 6.16. The largest absolute Gasteiger partial charge is 0.363 e. The Hall–Kier alpha value is -0.130. The maximum absolute atomic E-state index is 10.0. The molecule has 0 aliphatic carbocycles. The Morgan fingerprint density at radius 1 is 1.60 bits per heavy atom. The molecule has 1 N–H and O–H groups in total.